The molecule has 0 unspecified atom stereocenters. The highest BCUT2D eigenvalue weighted by Crippen LogP contribution is 2.59. The average Bonchev–Trinajstić information content (AvgIpc) is 2.82. The van der Waals surface area contributed by atoms with Crippen molar-refractivity contribution >= 4 is 0 Å². The molecule has 0 aliphatic heterocycles. The van der Waals surface area contributed by atoms with Gasteiger partial charge in [-0.1, -0.05) is 12.1 Å². The highest BCUT2D eigenvalue weighted by Gasteiger charge is 2.56. The molecule has 3 nitrogen and oxygen atoms in total. The number of halogens is 3. The number of hydrogen-bond donors (Lipinski definition) is 0. The predicted octanol–water partition coefficient (Wildman–Crippen LogP) is 7.13. The van der Waals surface area contributed by atoms with Crippen LogP contribution in [0, 0.1) is 48.2 Å². The zero-order chi connectivity index (χ0) is 23.6. The number of ether oxygens (including phenoxy) is 1. The van der Waals surface area contributed by atoms with Crippen LogP contribution in [-0.4, -0.2) is 15.6 Å². The Balaban J connectivity index is 1.23. The van der Waals surface area contributed by atoms with E-state index in [9.17, 15) is 13.2 Å². The van der Waals surface area contributed by atoms with E-state index >= 15 is 0 Å². The van der Waals surface area contributed by atoms with Crippen LogP contribution in [0.1, 0.15) is 44.6 Å². The Morgan fingerprint density at radius 3 is 2.12 bits per heavy atom. The number of aromatic nitrogens is 2. The molecule has 0 N–H and O–H groups in total. The topological polar surface area (TPSA) is 35.0 Å². The molecule has 4 fully saturated rings. The molecule has 4 saturated carbocycles. The molecule has 4 aliphatic rings. The summed E-state index contributed by atoms with van der Waals surface area (Å²) in [7, 11) is 0. The summed E-state index contributed by atoms with van der Waals surface area (Å²) in [6.45, 7) is 4.39. The fourth-order valence-electron chi connectivity index (χ4n) is 6.78. The summed E-state index contributed by atoms with van der Waals surface area (Å²) in [6.07, 6.45) is 8.25. The van der Waals surface area contributed by atoms with Crippen molar-refractivity contribution in [3.8, 4) is 28.3 Å². The molecular weight excluding hydrogens is 437 g/mol. The van der Waals surface area contributed by atoms with Crippen molar-refractivity contribution in [3.05, 3.63) is 65.7 Å². The van der Waals surface area contributed by atoms with Gasteiger partial charge in [0.2, 0.25) is 5.82 Å². The smallest absolute Gasteiger partial charge is 0.252 e. The first-order valence-corrected chi connectivity index (χ1v) is 12.1. The van der Waals surface area contributed by atoms with E-state index < -0.39 is 17.6 Å². The molecular formula is C28H27F3N2O. The minimum absolute atomic E-state index is 0.0493. The Morgan fingerprint density at radius 1 is 0.853 bits per heavy atom. The molecule has 34 heavy (non-hydrogen) atoms. The Morgan fingerprint density at radius 2 is 1.53 bits per heavy atom. The van der Waals surface area contributed by atoms with Crippen molar-refractivity contribution in [2.24, 2.45) is 23.7 Å². The molecule has 4 aliphatic carbocycles. The number of rotatable bonds is 4. The third-order valence-electron chi connectivity index (χ3n) is 8.50. The van der Waals surface area contributed by atoms with Gasteiger partial charge in [-0.05, 0) is 98.9 Å². The van der Waals surface area contributed by atoms with E-state index in [0.29, 0.717) is 11.8 Å². The van der Waals surface area contributed by atoms with Gasteiger partial charge in [-0.2, -0.15) is 8.78 Å². The summed E-state index contributed by atoms with van der Waals surface area (Å²) >= 11 is 0. The van der Waals surface area contributed by atoms with Crippen LogP contribution < -0.4 is 4.74 Å². The lowest BCUT2D eigenvalue weighted by molar-refractivity contribution is -0.145. The molecule has 2 heterocycles. The maximum Gasteiger partial charge on any atom is 0.252 e. The minimum Gasteiger partial charge on any atom is -0.487 e. The predicted molar refractivity (Wildman–Crippen MR) is 124 cm³/mol. The van der Waals surface area contributed by atoms with Gasteiger partial charge < -0.3 is 4.74 Å². The standard InChI is InChI=1S/C28H27F3N2O/c1-15-7-18(19-3-5-23(32-14-19)24-13-22(29)26(30)27(31)33-24)4-6-25(15)34-28(2)20-9-16-8-17(11-20)12-21(28)10-16/h3-7,13-14,16-17,20-21H,8-12H2,1-2H3. The molecule has 0 radical (unpaired) electrons. The highest BCUT2D eigenvalue weighted by atomic mass is 19.2. The molecule has 6 heteroatoms. The molecule has 0 spiro atoms. The van der Waals surface area contributed by atoms with Gasteiger partial charge in [0.05, 0.1) is 11.4 Å². The summed E-state index contributed by atoms with van der Waals surface area (Å²) in [5, 5.41) is 0. The maximum atomic E-state index is 13.5. The molecule has 4 bridgehead atoms. The van der Waals surface area contributed by atoms with Crippen LogP contribution in [0.5, 0.6) is 5.75 Å². The van der Waals surface area contributed by atoms with Gasteiger partial charge >= 0.3 is 0 Å². The molecule has 3 aromatic rings. The van der Waals surface area contributed by atoms with Gasteiger partial charge in [-0.15, -0.1) is 0 Å². The van der Waals surface area contributed by atoms with Gasteiger partial charge in [-0.3, -0.25) is 4.98 Å². The summed E-state index contributed by atoms with van der Waals surface area (Å²) in [4.78, 5) is 7.76. The largest absolute Gasteiger partial charge is 0.487 e. The van der Waals surface area contributed by atoms with Crippen LogP contribution in [-0.2, 0) is 0 Å². The quantitative estimate of drug-likeness (QED) is 0.385. The summed E-state index contributed by atoms with van der Waals surface area (Å²) in [5.41, 5.74) is 3.04. The summed E-state index contributed by atoms with van der Waals surface area (Å²) < 4.78 is 47.0. The first kappa shape index (κ1) is 21.6. The molecule has 1 aromatic carbocycles. The Kier molecular flexibility index (Phi) is 4.98. The van der Waals surface area contributed by atoms with Gasteiger partial charge in [0.1, 0.15) is 11.4 Å². The number of nitrogens with zero attached hydrogens (tertiary/aromatic N) is 2. The van der Waals surface area contributed by atoms with Crippen molar-refractivity contribution in [1.82, 2.24) is 9.97 Å². The second-order valence-corrected chi connectivity index (χ2v) is 10.6. The van der Waals surface area contributed by atoms with Crippen molar-refractivity contribution in [3.63, 3.8) is 0 Å². The lowest BCUT2D eigenvalue weighted by atomic mass is 9.50. The lowest BCUT2D eigenvalue weighted by Crippen LogP contribution is -2.59. The Bertz CT molecular complexity index is 1210. The molecule has 176 valence electrons. The number of benzene rings is 1. The molecule has 2 aromatic heterocycles. The molecule has 0 amide bonds. The Labute approximate surface area is 197 Å². The van der Waals surface area contributed by atoms with Crippen LogP contribution in [0.15, 0.2) is 42.6 Å². The highest BCUT2D eigenvalue weighted by molar-refractivity contribution is 5.67. The van der Waals surface area contributed by atoms with Crippen molar-refractivity contribution in [2.45, 2.75) is 51.6 Å². The van der Waals surface area contributed by atoms with E-state index in [0.717, 1.165) is 40.3 Å². The second kappa shape index (κ2) is 7.82. The second-order valence-electron chi connectivity index (χ2n) is 10.6. The first-order chi connectivity index (χ1) is 16.3. The summed E-state index contributed by atoms with van der Waals surface area (Å²) in [6, 6.07) is 10.4. The zero-order valence-electron chi connectivity index (χ0n) is 19.3. The van der Waals surface area contributed by atoms with E-state index in [2.05, 4.69) is 29.9 Å². The van der Waals surface area contributed by atoms with Crippen molar-refractivity contribution in [2.75, 3.05) is 0 Å². The van der Waals surface area contributed by atoms with Gasteiger partial charge in [0.25, 0.3) is 5.95 Å². The monoisotopic (exact) mass is 464 g/mol. The van der Waals surface area contributed by atoms with E-state index in [-0.39, 0.29) is 17.0 Å². The lowest BCUT2D eigenvalue weighted by Gasteiger charge is -2.59. The first-order valence-electron chi connectivity index (χ1n) is 12.1. The van der Waals surface area contributed by atoms with Gasteiger partial charge in [0.15, 0.2) is 5.82 Å². The van der Waals surface area contributed by atoms with Crippen LogP contribution in [0.3, 0.4) is 0 Å². The fraction of sp³-hybridized carbons (Fsp3) is 0.429. The third-order valence-corrected chi connectivity index (χ3v) is 8.50. The van der Waals surface area contributed by atoms with Crippen LogP contribution >= 0.6 is 0 Å². The van der Waals surface area contributed by atoms with Crippen LogP contribution in [0.25, 0.3) is 22.5 Å². The van der Waals surface area contributed by atoms with E-state index in [1.54, 1.807) is 12.3 Å². The third kappa shape index (κ3) is 3.50. The summed E-state index contributed by atoms with van der Waals surface area (Å²) in [5.74, 6) is -0.311. The van der Waals surface area contributed by atoms with Gasteiger partial charge in [0, 0.05) is 17.8 Å². The minimum atomic E-state index is -1.58. The van der Waals surface area contributed by atoms with Crippen LogP contribution in [0.2, 0.25) is 0 Å². The Hall–Kier alpha value is -2.89. The van der Waals surface area contributed by atoms with Crippen molar-refractivity contribution in [1.29, 1.82) is 0 Å². The van der Waals surface area contributed by atoms with E-state index in [4.69, 9.17) is 4.74 Å². The van der Waals surface area contributed by atoms with Crippen LogP contribution in [0.4, 0.5) is 13.2 Å². The zero-order valence-corrected chi connectivity index (χ0v) is 19.3. The number of aryl methyl sites for hydroxylation is 1. The normalized spacial score (nSPS) is 29.4. The van der Waals surface area contributed by atoms with Crippen molar-refractivity contribution < 1.29 is 17.9 Å². The fourth-order valence-corrected chi connectivity index (χ4v) is 6.78. The van der Waals surface area contributed by atoms with E-state index in [1.165, 1.54) is 32.1 Å². The molecule has 7 rings (SSSR count). The van der Waals surface area contributed by atoms with E-state index in [1.807, 2.05) is 18.2 Å². The average molecular weight is 465 g/mol. The molecule has 0 saturated heterocycles. The molecule has 0 atom stereocenters. The van der Waals surface area contributed by atoms with Gasteiger partial charge in [-0.25, -0.2) is 9.37 Å². The number of pyridine rings is 2. The SMILES string of the molecule is Cc1cc(-c2ccc(-c3cc(F)c(F)c(F)n3)nc2)ccc1OC1(C)C2CC3CC(C2)CC1C3. The maximum absolute atomic E-state index is 13.5. The number of hydrogen-bond acceptors (Lipinski definition) is 3.